The van der Waals surface area contributed by atoms with Crippen LogP contribution < -0.4 is 5.32 Å². The molecule has 1 N–H and O–H groups in total. The Morgan fingerprint density at radius 3 is 2.67 bits per heavy atom. The van der Waals surface area contributed by atoms with E-state index in [1.165, 1.54) is 13.0 Å². The van der Waals surface area contributed by atoms with Gasteiger partial charge >= 0.3 is 11.9 Å². The Bertz CT molecular complexity index is 219. The van der Waals surface area contributed by atoms with Crippen molar-refractivity contribution in [2.24, 2.45) is 0 Å². The monoisotopic (exact) mass is 170 g/mol. The van der Waals surface area contributed by atoms with Crippen LogP contribution >= 0.6 is 0 Å². The lowest BCUT2D eigenvalue weighted by molar-refractivity contribution is -0.146. The van der Waals surface area contributed by atoms with Crippen LogP contribution in [-0.4, -0.2) is 24.5 Å². The quantitative estimate of drug-likeness (QED) is 0.460. The average molecular weight is 170 g/mol. The summed E-state index contributed by atoms with van der Waals surface area (Å²) in [6.07, 6.45) is 0. The van der Waals surface area contributed by atoms with Gasteiger partial charge in [-0.2, -0.15) is 5.26 Å². The molecule has 5 nitrogen and oxygen atoms in total. The zero-order valence-corrected chi connectivity index (χ0v) is 6.96. The van der Waals surface area contributed by atoms with Crippen molar-refractivity contribution in [3.05, 3.63) is 0 Å². The van der Waals surface area contributed by atoms with Crippen LogP contribution in [-0.2, 0) is 14.3 Å². The van der Waals surface area contributed by atoms with Gasteiger partial charge in [-0.3, -0.25) is 4.79 Å². The SMILES string of the molecule is CCOC(=O)[C@H](C)NC(=O)C#N. The summed E-state index contributed by atoms with van der Waals surface area (Å²) in [7, 11) is 0. The number of carbonyl (C=O) groups excluding carboxylic acids is 2. The largest absolute Gasteiger partial charge is 0.464 e. The van der Waals surface area contributed by atoms with Crippen LogP contribution in [0.25, 0.3) is 0 Å². The van der Waals surface area contributed by atoms with E-state index < -0.39 is 17.9 Å². The average Bonchev–Trinajstić information content (AvgIpc) is 2.04. The first kappa shape index (κ1) is 10.4. The molecule has 0 aromatic rings. The van der Waals surface area contributed by atoms with Gasteiger partial charge < -0.3 is 10.1 Å². The van der Waals surface area contributed by atoms with E-state index in [0.717, 1.165) is 0 Å². The molecule has 0 aliphatic rings. The lowest BCUT2D eigenvalue weighted by atomic mass is 10.3. The molecule has 1 atom stereocenters. The van der Waals surface area contributed by atoms with Crippen LogP contribution in [0.2, 0.25) is 0 Å². The number of ether oxygens (including phenoxy) is 1. The second kappa shape index (κ2) is 5.13. The predicted octanol–water partition coefficient (Wildman–Crippen LogP) is -0.422. The first-order valence-corrected chi connectivity index (χ1v) is 3.49. The number of nitrogens with zero attached hydrogens (tertiary/aromatic N) is 1. The van der Waals surface area contributed by atoms with Crippen molar-refractivity contribution < 1.29 is 14.3 Å². The number of esters is 1. The van der Waals surface area contributed by atoms with Crippen LogP contribution in [0.5, 0.6) is 0 Å². The van der Waals surface area contributed by atoms with Gasteiger partial charge in [0, 0.05) is 0 Å². The third-order valence-electron chi connectivity index (χ3n) is 1.09. The van der Waals surface area contributed by atoms with Crippen LogP contribution in [0.4, 0.5) is 0 Å². The van der Waals surface area contributed by atoms with E-state index in [2.05, 4.69) is 10.1 Å². The van der Waals surface area contributed by atoms with Crippen LogP contribution in [0, 0.1) is 11.3 Å². The number of hydrogen-bond donors (Lipinski definition) is 1. The van der Waals surface area contributed by atoms with Gasteiger partial charge in [0.15, 0.2) is 6.07 Å². The van der Waals surface area contributed by atoms with Crippen molar-refractivity contribution in [3.63, 3.8) is 0 Å². The molecular weight excluding hydrogens is 160 g/mol. The fraction of sp³-hybridized carbons (Fsp3) is 0.571. The third-order valence-corrected chi connectivity index (χ3v) is 1.09. The van der Waals surface area contributed by atoms with Gasteiger partial charge in [-0.05, 0) is 13.8 Å². The summed E-state index contributed by atoms with van der Waals surface area (Å²) in [5.74, 6) is -1.38. The first-order chi connectivity index (χ1) is 5.61. The molecular formula is C7H10N2O3. The number of hydrogen-bond acceptors (Lipinski definition) is 4. The standard InChI is InChI=1S/C7H10N2O3/c1-3-12-7(11)5(2)9-6(10)4-8/h5H,3H2,1-2H3,(H,9,10)/t5-/m0/s1. The number of amides is 1. The predicted molar refractivity (Wildman–Crippen MR) is 39.9 cm³/mol. The lowest BCUT2D eigenvalue weighted by Gasteiger charge is -2.08. The van der Waals surface area contributed by atoms with Crippen molar-refractivity contribution in [2.45, 2.75) is 19.9 Å². The van der Waals surface area contributed by atoms with E-state index in [0.29, 0.717) is 0 Å². The topological polar surface area (TPSA) is 79.2 Å². The summed E-state index contributed by atoms with van der Waals surface area (Å²) >= 11 is 0. The number of nitriles is 1. The molecule has 0 spiro atoms. The first-order valence-electron chi connectivity index (χ1n) is 3.49. The van der Waals surface area contributed by atoms with Gasteiger partial charge in [-0.25, -0.2) is 4.79 Å². The highest BCUT2D eigenvalue weighted by Crippen LogP contribution is 1.86. The van der Waals surface area contributed by atoms with E-state index in [4.69, 9.17) is 5.26 Å². The molecule has 0 aliphatic heterocycles. The maximum absolute atomic E-state index is 10.8. The Kier molecular flexibility index (Phi) is 4.46. The van der Waals surface area contributed by atoms with Crippen molar-refractivity contribution in [1.29, 1.82) is 5.26 Å². The van der Waals surface area contributed by atoms with E-state index in [9.17, 15) is 9.59 Å². The summed E-state index contributed by atoms with van der Waals surface area (Å²) in [5, 5.41) is 10.2. The maximum Gasteiger partial charge on any atom is 0.328 e. The highest BCUT2D eigenvalue weighted by atomic mass is 16.5. The summed E-state index contributed by atoms with van der Waals surface area (Å²) in [5.41, 5.74) is 0. The Balaban J connectivity index is 3.88. The Morgan fingerprint density at radius 2 is 2.25 bits per heavy atom. The molecule has 0 fully saturated rings. The Labute approximate surface area is 70.3 Å². The molecule has 12 heavy (non-hydrogen) atoms. The molecule has 0 aromatic carbocycles. The molecule has 0 saturated heterocycles. The number of carbonyl (C=O) groups is 2. The summed E-state index contributed by atoms with van der Waals surface area (Å²) in [6, 6.07) is 0.568. The molecule has 0 rings (SSSR count). The number of rotatable bonds is 3. The molecule has 0 saturated carbocycles. The highest BCUT2D eigenvalue weighted by molar-refractivity contribution is 5.94. The molecule has 0 aliphatic carbocycles. The Morgan fingerprint density at radius 1 is 1.67 bits per heavy atom. The minimum Gasteiger partial charge on any atom is -0.464 e. The van der Waals surface area contributed by atoms with Gasteiger partial charge in [0.05, 0.1) is 6.61 Å². The lowest BCUT2D eigenvalue weighted by Crippen LogP contribution is -2.38. The Hall–Kier alpha value is -1.57. The van der Waals surface area contributed by atoms with Crippen LogP contribution in [0.3, 0.4) is 0 Å². The normalized spacial score (nSPS) is 11.1. The summed E-state index contributed by atoms with van der Waals surface area (Å²) in [6.45, 7) is 3.37. The molecule has 66 valence electrons. The minimum absolute atomic E-state index is 0.256. The molecule has 0 radical (unpaired) electrons. The molecule has 1 amide bonds. The van der Waals surface area contributed by atoms with Gasteiger partial charge in [0.1, 0.15) is 6.04 Å². The second-order valence-corrected chi connectivity index (χ2v) is 2.06. The zero-order chi connectivity index (χ0) is 9.56. The smallest absolute Gasteiger partial charge is 0.328 e. The molecule has 0 heterocycles. The van der Waals surface area contributed by atoms with Gasteiger partial charge in [0.25, 0.3) is 0 Å². The van der Waals surface area contributed by atoms with Gasteiger partial charge in [-0.15, -0.1) is 0 Å². The van der Waals surface area contributed by atoms with Gasteiger partial charge in [-0.1, -0.05) is 0 Å². The van der Waals surface area contributed by atoms with E-state index in [1.807, 2.05) is 0 Å². The maximum atomic E-state index is 10.8. The van der Waals surface area contributed by atoms with Crippen molar-refractivity contribution in [1.82, 2.24) is 5.32 Å². The molecule has 0 bridgehead atoms. The van der Waals surface area contributed by atoms with E-state index >= 15 is 0 Å². The van der Waals surface area contributed by atoms with Gasteiger partial charge in [0.2, 0.25) is 0 Å². The highest BCUT2D eigenvalue weighted by Gasteiger charge is 2.15. The number of nitrogens with one attached hydrogen (secondary N) is 1. The molecule has 0 aromatic heterocycles. The fourth-order valence-electron chi connectivity index (χ4n) is 0.555. The van der Waals surface area contributed by atoms with Crippen molar-refractivity contribution in [2.75, 3.05) is 6.61 Å². The molecule has 5 heteroatoms. The second-order valence-electron chi connectivity index (χ2n) is 2.06. The van der Waals surface area contributed by atoms with Crippen LogP contribution in [0.1, 0.15) is 13.8 Å². The van der Waals surface area contributed by atoms with E-state index in [1.54, 1.807) is 6.92 Å². The molecule has 0 unspecified atom stereocenters. The minimum atomic E-state index is -0.837. The van der Waals surface area contributed by atoms with Crippen LogP contribution in [0.15, 0.2) is 0 Å². The zero-order valence-electron chi connectivity index (χ0n) is 6.96. The van der Waals surface area contributed by atoms with E-state index in [-0.39, 0.29) is 6.61 Å². The third kappa shape index (κ3) is 3.56. The summed E-state index contributed by atoms with van der Waals surface area (Å²) in [4.78, 5) is 21.3. The van der Waals surface area contributed by atoms with Crippen molar-refractivity contribution in [3.8, 4) is 6.07 Å². The summed E-state index contributed by atoms with van der Waals surface area (Å²) < 4.78 is 4.59. The fourth-order valence-corrected chi connectivity index (χ4v) is 0.555. The van der Waals surface area contributed by atoms with Crippen molar-refractivity contribution >= 4 is 11.9 Å².